The van der Waals surface area contributed by atoms with Crippen LogP contribution in [-0.4, -0.2) is 91.8 Å². The quantitative estimate of drug-likeness (QED) is 0.500. The Morgan fingerprint density at radius 2 is 1.83 bits per heavy atom. The van der Waals surface area contributed by atoms with Crippen molar-refractivity contribution in [3.63, 3.8) is 0 Å². The van der Waals surface area contributed by atoms with Crippen LogP contribution in [0.1, 0.15) is 19.8 Å². The zero-order chi connectivity index (χ0) is 17.2. The van der Waals surface area contributed by atoms with Crippen LogP contribution in [0.3, 0.4) is 0 Å². The molecule has 1 heterocycles. The lowest BCUT2D eigenvalue weighted by Crippen LogP contribution is -2.52. The van der Waals surface area contributed by atoms with Gasteiger partial charge in [-0.05, 0) is 20.0 Å². The maximum Gasteiger partial charge on any atom is 0.236 e. The van der Waals surface area contributed by atoms with Crippen molar-refractivity contribution >= 4 is 17.7 Å². The lowest BCUT2D eigenvalue weighted by atomic mass is 10.3. The van der Waals surface area contributed by atoms with Crippen LogP contribution in [0.4, 0.5) is 0 Å². The van der Waals surface area contributed by atoms with E-state index in [1.165, 1.54) is 0 Å². The standard InChI is InChI=1S/C15H29N5O3/c1-3-18(2)12-15(23)20-9-7-19(8-10-20)11-14(22)17-6-4-5-13(16)21/h3-12H2,1-2H3,(H2,16,21)(H,17,22). The van der Waals surface area contributed by atoms with E-state index in [1.54, 1.807) is 0 Å². The number of rotatable bonds is 9. The Morgan fingerprint density at radius 3 is 2.39 bits per heavy atom. The van der Waals surface area contributed by atoms with Crippen molar-refractivity contribution in [3.05, 3.63) is 0 Å². The average molecular weight is 327 g/mol. The number of nitrogens with zero attached hydrogens (tertiary/aromatic N) is 3. The van der Waals surface area contributed by atoms with Gasteiger partial charge in [-0.2, -0.15) is 0 Å². The summed E-state index contributed by atoms with van der Waals surface area (Å²) in [7, 11) is 1.93. The Morgan fingerprint density at radius 1 is 1.17 bits per heavy atom. The molecule has 1 rings (SSSR count). The Bertz CT molecular complexity index is 408. The van der Waals surface area contributed by atoms with Crippen LogP contribution in [0.15, 0.2) is 0 Å². The molecule has 8 heteroatoms. The molecule has 0 spiro atoms. The van der Waals surface area contributed by atoms with E-state index in [4.69, 9.17) is 5.73 Å². The molecule has 3 N–H and O–H groups in total. The fourth-order valence-corrected chi connectivity index (χ4v) is 2.35. The van der Waals surface area contributed by atoms with E-state index in [1.807, 2.05) is 28.7 Å². The van der Waals surface area contributed by atoms with E-state index in [0.717, 1.165) is 6.54 Å². The second kappa shape index (κ2) is 10.2. The Labute approximate surface area is 137 Å². The molecule has 0 aromatic rings. The van der Waals surface area contributed by atoms with Crippen LogP contribution in [-0.2, 0) is 14.4 Å². The van der Waals surface area contributed by atoms with Gasteiger partial charge in [0.25, 0.3) is 0 Å². The van der Waals surface area contributed by atoms with Crippen LogP contribution < -0.4 is 11.1 Å². The summed E-state index contributed by atoms with van der Waals surface area (Å²) < 4.78 is 0. The fraction of sp³-hybridized carbons (Fsp3) is 0.800. The van der Waals surface area contributed by atoms with Crippen molar-refractivity contribution in [2.24, 2.45) is 5.73 Å². The predicted octanol–water partition coefficient (Wildman–Crippen LogP) is -1.54. The molecule has 0 aromatic carbocycles. The summed E-state index contributed by atoms with van der Waals surface area (Å²) in [5.74, 6) is -0.265. The average Bonchev–Trinajstić information content (AvgIpc) is 2.51. The highest BCUT2D eigenvalue weighted by Crippen LogP contribution is 2.02. The second-order valence-corrected chi connectivity index (χ2v) is 5.91. The number of primary amides is 1. The molecule has 0 unspecified atom stereocenters. The lowest BCUT2D eigenvalue weighted by molar-refractivity contribution is -0.134. The number of carbonyl (C=O) groups is 3. The van der Waals surface area contributed by atoms with Gasteiger partial charge >= 0.3 is 0 Å². The molecular weight excluding hydrogens is 298 g/mol. The van der Waals surface area contributed by atoms with E-state index >= 15 is 0 Å². The van der Waals surface area contributed by atoms with Crippen molar-refractivity contribution in [3.8, 4) is 0 Å². The van der Waals surface area contributed by atoms with Gasteiger partial charge in [0.2, 0.25) is 17.7 Å². The van der Waals surface area contributed by atoms with Crippen LogP contribution >= 0.6 is 0 Å². The molecule has 1 fully saturated rings. The summed E-state index contributed by atoms with van der Waals surface area (Å²) in [6.07, 6.45) is 0.849. The topological polar surface area (TPSA) is 99.0 Å². The van der Waals surface area contributed by atoms with Crippen molar-refractivity contribution in [1.82, 2.24) is 20.0 Å². The number of piperazine rings is 1. The van der Waals surface area contributed by atoms with E-state index in [9.17, 15) is 14.4 Å². The second-order valence-electron chi connectivity index (χ2n) is 5.91. The first-order chi connectivity index (χ1) is 10.9. The highest BCUT2D eigenvalue weighted by Gasteiger charge is 2.22. The third-order valence-electron chi connectivity index (χ3n) is 3.96. The minimum absolute atomic E-state index is 0.0556. The molecular formula is C15H29N5O3. The van der Waals surface area contributed by atoms with Gasteiger partial charge in [-0.25, -0.2) is 0 Å². The van der Waals surface area contributed by atoms with E-state index < -0.39 is 0 Å². The van der Waals surface area contributed by atoms with Gasteiger partial charge in [0, 0.05) is 39.1 Å². The van der Waals surface area contributed by atoms with E-state index in [-0.39, 0.29) is 24.1 Å². The van der Waals surface area contributed by atoms with Crippen molar-refractivity contribution < 1.29 is 14.4 Å². The van der Waals surface area contributed by atoms with Crippen LogP contribution in [0.25, 0.3) is 0 Å². The zero-order valence-corrected chi connectivity index (χ0v) is 14.2. The fourth-order valence-electron chi connectivity index (χ4n) is 2.35. The molecule has 0 aliphatic carbocycles. The SMILES string of the molecule is CCN(C)CC(=O)N1CCN(CC(=O)NCCCC(N)=O)CC1. The van der Waals surface area contributed by atoms with Gasteiger partial charge in [-0.3, -0.25) is 24.2 Å². The highest BCUT2D eigenvalue weighted by atomic mass is 16.2. The zero-order valence-electron chi connectivity index (χ0n) is 14.2. The molecule has 0 bridgehead atoms. The first kappa shape index (κ1) is 19.4. The molecule has 0 aromatic heterocycles. The minimum Gasteiger partial charge on any atom is -0.370 e. The molecule has 0 saturated carbocycles. The minimum atomic E-state index is -0.353. The van der Waals surface area contributed by atoms with Crippen LogP contribution in [0.2, 0.25) is 0 Å². The lowest BCUT2D eigenvalue weighted by Gasteiger charge is -2.35. The maximum atomic E-state index is 12.1. The van der Waals surface area contributed by atoms with E-state index in [0.29, 0.717) is 52.2 Å². The Hall–Kier alpha value is -1.67. The third kappa shape index (κ3) is 7.94. The number of likely N-dealkylation sites (N-methyl/N-ethyl adjacent to an activating group) is 1. The van der Waals surface area contributed by atoms with Crippen LogP contribution in [0.5, 0.6) is 0 Å². The molecule has 23 heavy (non-hydrogen) atoms. The van der Waals surface area contributed by atoms with Crippen molar-refractivity contribution in [2.75, 3.05) is 59.4 Å². The van der Waals surface area contributed by atoms with E-state index in [2.05, 4.69) is 5.32 Å². The Balaban J connectivity index is 2.19. The first-order valence-corrected chi connectivity index (χ1v) is 8.16. The van der Waals surface area contributed by atoms with Gasteiger partial charge in [0.05, 0.1) is 13.1 Å². The highest BCUT2D eigenvalue weighted by molar-refractivity contribution is 5.79. The molecule has 1 aliphatic heterocycles. The monoisotopic (exact) mass is 327 g/mol. The molecule has 1 aliphatic rings. The number of amides is 3. The molecule has 8 nitrogen and oxygen atoms in total. The molecule has 3 amide bonds. The van der Waals surface area contributed by atoms with Gasteiger partial charge in [0.15, 0.2) is 0 Å². The predicted molar refractivity (Wildman–Crippen MR) is 87.6 cm³/mol. The van der Waals surface area contributed by atoms with Crippen molar-refractivity contribution in [2.45, 2.75) is 19.8 Å². The Kier molecular flexibility index (Phi) is 8.57. The molecule has 132 valence electrons. The number of hydrogen-bond donors (Lipinski definition) is 2. The van der Waals surface area contributed by atoms with Gasteiger partial charge in [-0.15, -0.1) is 0 Å². The maximum absolute atomic E-state index is 12.1. The summed E-state index contributed by atoms with van der Waals surface area (Å²) in [6.45, 7) is 6.83. The summed E-state index contributed by atoms with van der Waals surface area (Å²) in [5, 5.41) is 2.78. The van der Waals surface area contributed by atoms with Crippen LogP contribution in [0, 0.1) is 0 Å². The molecule has 0 atom stereocenters. The normalized spacial score (nSPS) is 15.7. The summed E-state index contributed by atoms with van der Waals surface area (Å²) in [6, 6.07) is 0. The third-order valence-corrected chi connectivity index (χ3v) is 3.96. The van der Waals surface area contributed by atoms with Gasteiger partial charge < -0.3 is 16.0 Å². The molecule has 1 saturated heterocycles. The first-order valence-electron chi connectivity index (χ1n) is 8.16. The number of carbonyl (C=O) groups excluding carboxylic acids is 3. The number of nitrogens with one attached hydrogen (secondary N) is 1. The summed E-state index contributed by atoms with van der Waals surface area (Å²) in [4.78, 5) is 40.3. The van der Waals surface area contributed by atoms with Gasteiger partial charge in [0.1, 0.15) is 0 Å². The number of nitrogens with two attached hydrogens (primary N) is 1. The molecule has 0 radical (unpaired) electrons. The smallest absolute Gasteiger partial charge is 0.236 e. The summed E-state index contributed by atoms with van der Waals surface area (Å²) in [5.41, 5.74) is 5.04. The number of hydrogen-bond acceptors (Lipinski definition) is 5. The largest absolute Gasteiger partial charge is 0.370 e. The summed E-state index contributed by atoms with van der Waals surface area (Å²) >= 11 is 0. The van der Waals surface area contributed by atoms with Gasteiger partial charge in [-0.1, -0.05) is 6.92 Å². The van der Waals surface area contributed by atoms with Crippen molar-refractivity contribution in [1.29, 1.82) is 0 Å².